The number of aryl methyl sites for hydroxylation is 1. The van der Waals surface area contributed by atoms with Crippen LogP contribution in [0.3, 0.4) is 0 Å². The lowest BCUT2D eigenvalue weighted by Crippen LogP contribution is -2.27. The van der Waals surface area contributed by atoms with Gasteiger partial charge in [0.1, 0.15) is 0 Å². The van der Waals surface area contributed by atoms with E-state index in [1.165, 1.54) is 0 Å². The van der Waals surface area contributed by atoms with Crippen LogP contribution in [0.1, 0.15) is 28.8 Å². The molecule has 0 aliphatic rings. The Bertz CT molecular complexity index is 573. The van der Waals surface area contributed by atoms with Gasteiger partial charge in [0.05, 0.1) is 6.04 Å². The Morgan fingerprint density at radius 3 is 1.85 bits per heavy atom. The third kappa shape index (κ3) is 3.27. The van der Waals surface area contributed by atoms with E-state index in [2.05, 4.69) is 0 Å². The fraction of sp³-hybridized carbons (Fsp3) is 0.200. The molecule has 5 heteroatoms. The first-order valence-corrected chi connectivity index (χ1v) is 7.25. The van der Waals surface area contributed by atoms with Crippen molar-refractivity contribution < 1.29 is 0 Å². The van der Waals surface area contributed by atoms with Crippen molar-refractivity contribution in [2.45, 2.75) is 19.0 Å². The molecule has 2 aromatic rings. The van der Waals surface area contributed by atoms with E-state index >= 15 is 0 Å². The highest BCUT2D eigenvalue weighted by atomic mass is 35.5. The van der Waals surface area contributed by atoms with Gasteiger partial charge in [-0.15, -0.1) is 0 Å². The molecule has 106 valence electrons. The maximum atomic E-state index is 6.27. The summed E-state index contributed by atoms with van der Waals surface area (Å²) in [6, 6.07) is 10.0. The van der Waals surface area contributed by atoms with E-state index in [-0.39, 0.29) is 6.04 Å². The lowest BCUT2D eigenvalue weighted by molar-refractivity contribution is 0.572. The van der Waals surface area contributed by atoms with E-state index < -0.39 is 6.04 Å². The second-order valence-corrected chi connectivity index (χ2v) is 6.00. The lowest BCUT2D eigenvalue weighted by Gasteiger charge is -2.23. The zero-order chi connectivity index (χ0) is 14.9. The summed E-state index contributed by atoms with van der Waals surface area (Å²) in [7, 11) is 0. The monoisotopic (exact) mass is 328 g/mol. The van der Waals surface area contributed by atoms with Crippen molar-refractivity contribution >= 4 is 34.8 Å². The van der Waals surface area contributed by atoms with Gasteiger partial charge >= 0.3 is 0 Å². The van der Waals surface area contributed by atoms with Gasteiger partial charge in [-0.25, -0.2) is 0 Å². The summed E-state index contributed by atoms with van der Waals surface area (Å²) < 4.78 is 0. The minimum absolute atomic E-state index is 0.369. The smallest absolute Gasteiger partial charge is 0.0506 e. The largest absolute Gasteiger partial charge is 0.322 e. The van der Waals surface area contributed by atoms with E-state index in [9.17, 15) is 0 Å². The van der Waals surface area contributed by atoms with Crippen molar-refractivity contribution in [1.29, 1.82) is 0 Å². The van der Waals surface area contributed by atoms with Crippen LogP contribution in [0.4, 0.5) is 0 Å². The van der Waals surface area contributed by atoms with E-state index in [1.54, 1.807) is 24.3 Å². The van der Waals surface area contributed by atoms with Gasteiger partial charge < -0.3 is 11.5 Å². The van der Waals surface area contributed by atoms with Gasteiger partial charge in [-0.05, 0) is 47.9 Å². The summed E-state index contributed by atoms with van der Waals surface area (Å²) in [6.07, 6.45) is 0. The molecule has 2 rings (SSSR count). The maximum Gasteiger partial charge on any atom is 0.0506 e. The summed E-state index contributed by atoms with van der Waals surface area (Å²) in [6.45, 7) is 1.96. The van der Waals surface area contributed by atoms with Crippen molar-refractivity contribution in [3.8, 4) is 0 Å². The van der Waals surface area contributed by atoms with E-state index in [1.807, 2.05) is 19.1 Å². The fourth-order valence-corrected chi connectivity index (χ4v) is 2.93. The summed E-state index contributed by atoms with van der Waals surface area (Å²) in [5, 5.41) is 1.77. The first-order chi connectivity index (χ1) is 9.40. The van der Waals surface area contributed by atoms with E-state index in [0.717, 1.165) is 16.7 Å². The molecule has 0 radical (unpaired) electrons. The Morgan fingerprint density at radius 1 is 0.800 bits per heavy atom. The van der Waals surface area contributed by atoms with Crippen molar-refractivity contribution in [1.82, 2.24) is 0 Å². The van der Waals surface area contributed by atoms with Crippen LogP contribution in [0.15, 0.2) is 36.4 Å². The highest BCUT2D eigenvalue weighted by molar-refractivity contribution is 6.35. The molecule has 20 heavy (non-hydrogen) atoms. The van der Waals surface area contributed by atoms with Crippen LogP contribution in [0.25, 0.3) is 0 Å². The molecule has 0 saturated carbocycles. The molecular weight excluding hydrogens is 315 g/mol. The van der Waals surface area contributed by atoms with Gasteiger partial charge in [-0.2, -0.15) is 0 Å². The second-order valence-electron chi connectivity index (χ2n) is 4.72. The first-order valence-electron chi connectivity index (χ1n) is 6.12. The third-order valence-electron chi connectivity index (χ3n) is 3.30. The zero-order valence-corrected chi connectivity index (χ0v) is 13.2. The predicted octanol–water partition coefficient (Wildman–Crippen LogP) is 4.66. The molecule has 0 fully saturated rings. The standard InChI is InChI=1S/C15H15Cl3N2/c1-8-6-9(16)2-4-11(8)14(19)15(20)12-5-3-10(17)7-13(12)18/h2-7,14-15H,19-20H2,1H3. The average Bonchev–Trinajstić information content (AvgIpc) is 2.37. The average molecular weight is 330 g/mol. The van der Waals surface area contributed by atoms with Crippen molar-refractivity contribution in [3.05, 3.63) is 68.2 Å². The summed E-state index contributed by atoms with van der Waals surface area (Å²) in [5.41, 5.74) is 15.2. The molecule has 0 aromatic heterocycles. The highest BCUT2D eigenvalue weighted by Gasteiger charge is 2.21. The first kappa shape index (κ1) is 15.6. The van der Waals surface area contributed by atoms with Crippen LogP contribution in [-0.2, 0) is 0 Å². The molecule has 0 spiro atoms. The molecule has 2 unspecified atom stereocenters. The van der Waals surface area contributed by atoms with Crippen molar-refractivity contribution in [2.75, 3.05) is 0 Å². The van der Waals surface area contributed by atoms with Gasteiger partial charge in [0, 0.05) is 21.1 Å². The second kappa shape index (κ2) is 6.33. The Morgan fingerprint density at radius 2 is 1.30 bits per heavy atom. The Labute approximate surface area is 133 Å². The SMILES string of the molecule is Cc1cc(Cl)ccc1C(N)C(N)c1ccc(Cl)cc1Cl. The summed E-state index contributed by atoms with van der Waals surface area (Å²) in [5.74, 6) is 0. The summed E-state index contributed by atoms with van der Waals surface area (Å²) in [4.78, 5) is 0. The minimum Gasteiger partial charge on any atom is -0.322 e. The minimum atomic E-state index is -0.417. The number of rotatable bonds is 3. The summed E-state index contributed by atoms with van der Waals surface area (Å²) >= 11 is 18.0. The molecule has 0 heterocycles. The topological polar surface area (TPSA) is 52.0 Å². The Kier molecular flexibility index (Phi) is 4.95. The molecule has 2 atom stereocenters. The van der Waals surface area contributed by atoms with Crippen LogP contribution in [0.2, 0.25) is 15.1 Å². The van der Waals surface area contributed by atoms with Gasteiger partial charge in [0.15, 0.2) is 0 Å². The van der Waals surface area contributed by atoms with Gasteiger partial charge in [-0.1, -0.05) is 46.9 Å². The number of halogens is 3. The van der Waals surface area contributed by atoms with Crippen LogP contribution < -0.4 is 11.5 Å². The molecule has 2 aromatic carbocycles. The molecular formula is C15H15Cl3N2. The Hall–Kier alpha value is -0.770. The lowest BCUT2D eigenvalue weighted by atomic mass is 9.92. The number of hydrogen-bond donors (Lipinski definition) is 2. The van der Waals surface area contributed by atoms with E-state index in [0.29, 0.717) is 15.1 Å². The van der Waals surface area contributed by atoms with Crippen LogP contribution in [0, 0.1) is 6.92 Å². The van der Waals surface area contributed by atoms with Gasteiger partial charge in [0.2, 0.25) is 0 Å². The molecule has 0 aliphatic heterocycles. The normalized spacial score (nSPS) is 14.1. The van der Waals surface area contributed by atoms with Crippen LogP contribution in [-0.4, -0.2) is 0 Å². The quantitative estimate of drug-likeness (QED) is 0.860. The third-order valence-corrected chi connectivity index (χ3v) is 4.10. The number of nitrogens with two attached hydrogens (primary N) is 2. The number of benzene rings is 2. The highest BCUT2D eigenvalue weighted by Crippen LogP contribution is 2.33. The molecule has 4 N–H and O–H groups in total. The van der Waals surface area contributed by atoms with Crippen molar-refractivity contribution in [3.63, 3.8) is 0 Å². The predicted molar refractivity (Wildman–Crippen MR) is 86.5 cm³/mol. The van der Waals surface area contributed by atoms with Crippen LogP contribution >= 0.6 is 34.8 Å². The van der Waals surface area contributed by atoms with Gasteiger partial charge in [0.25, 0.3) is 0 Å². The van der Waals surface area contributed by atoms with E-state index in [4.69, 9.17) is 46.3 Å². The molecule has 0 saturated heterocycles. The molecule has 2 nitrogen and oxygen atoms in total. The number of hydrogen-bond acceptors (Lipinski definition) is 2. The molecule has 0 amide bonds. The zero-order valence-electron chi connectivity index (χ0n) is 10.9. The fourth-order valence-electron chi connectivity index (χ4n) is 2.17. The van der Waals surface area contributed by atoms with Crippen molar-refractivity contribution in [2.24, 2.45) is 11.5 Å². The maximum absolute atomic E-state index is 6.27. The molecule has 0 aliphatic carbocycles. The Balaban J connectivity index is 2.34. The van der Waals surface area contributed by atoms with Gasteiger partial charge in [-0.3, -0.25) is 0 Å². The molecule has 0 bridgehead atoms. The van der Waals surface area contributed by atoms with Crippen LogP contribution in [0.5, 0.6) is 0 Å².